The number of benzene rings is 1. The average molecular weight is 359 g/mol. The molecule has 0 radical (unpaired) electrons. The van der Waals surface area contributed by atoms with Crippen LogP contribution in [0, 0.1) is 13.8 Å². The Morgan fingerprint density at radius 2 is 1.92 bits per heavy atom. The second-order valence-corrected chi connectivity index (χ2v) is 7.17. The van der Waals surface area contributed by atoms with E-state index in [0.717, 1.165) is 19.4 Å². The number of hydrogen-bond donors (Lipinski definition) is 1. The van der Waals surface area contributed by atoms with E-state index in [0.29, 0.717) is 39.3 Å². The molecule has 1 aromatic carbocycles. The maximum absolute atomic E-state index is 12.6. The third-order valence-electron chi connectivity index (χ3n) is 5.41. The van der Waals surface area contributed by atoms with Gasteiger partial charge in [-0.1, -0.05) is 18.2 Å². The van der Waals surface area contributed by atoms with Gasteiger partial charge in [0.05, 0.1) is 19.3 Å². The highest BCUT2D eigenvalue weighted by molar-refractivity contribution is 5.78. The Kier molecular flexibility index (Phi) is 6.14. The van der Waals surface area contributed by atoms with E-state index in [9.17, 15) is 9.59 Å². The van der Waals surface area contributed by atoms with Crippen LogP contribution in [0.4, 0.5) is 4.79 Å². The Morgan fingerprint density at radius 1 is 1.15 bits per heavy atom. The number of nitrogens with zero attached hydrogens (tertiary/aromatic N) is 2. The van der Waals surface area contributed by atoms with Crippen molar-refractivity contribution in [3.63, 3.8) is 0 Å². The second kappa shape index (κ2) is 8.54. The normalized spacial score (nSPS) is 20.3. The van der Waals surface area contributed by atoms with Gasteiger partial charge in [-0.2, -0.15) is 0 Å². The molecule has 0 unspecified atom stereocenters. The summed E-state index contributed by atoms with van der Waals surface area (Å²) in [6, 6.07) is 6.50. The van der Waals surface area contributed by atoms with Gasteiger partial charge in [0.25, 0.3) is 0 Å². The summed E-state index contributed by atoms with van der Waals surface area (Å²) < 4.78 is 5.26. The van der Waals surface area contributed by atoms with E-state index in [1.165, 1.54) is 16.7 Å². The fourth-order valence-electron chi connectivity index (χ4n) is 3.68. The number of hydrogen-bond acceptors (Lipinski definition) is 3. The van der Waals surface area contributed by atoms with E-state index in [-0.39, 0.29) is 18.0 Å². The number of ether oxygens (including phenoxy) is 1. The van der Waals surface area contributed by atoms with Crippen LogP contribution in [0.25, 0.3) is 0 Å². The van der Waals surface area contributed by atoms with Crippen LogP contribution >= 0.6 is 0 Å². The Hall–Kier alpha value is -2.08. The van der Waals surface area contributed by atoms with Gasteiger partial charge in [-0.15, -0.1) is 0 Å². The lowest BCUT2D eigenvalue weighted by Gasteiger charge is -2.28. The van der Waals surface area contributed by atoms with Crippen molar-refractivity contribution in [3.05, 3.63) is 34.9 Å². The summed E-state index contributed by atoms with van der Waals surface area (Å²) >= 11 is 0. The van der Waals surface area contributed by atoms with E-state index in [4.69, 9.17) is 4.74 Å². The summed E-state index contributed by atoms with van der Waals surface area (Å²) in [5, 5.41) is 2.93. The van der Waals surface area contributed by atoms with Gasteiger partial charge in [0, 0.05) is 32.6 Å². The number of likely N-dealkylation sites (tertiary alicyclic amines) is 1. The summed E-state index contributed by atoms with van der Waals surface area (Å²) in [4.78, 5) is 28.5. The first-order valence-corrected chi connectivity index (χ1v) is 9.53. The highest BCUT2D eigenvalue weighted by Crippen LogP contribution is 2.32. The topological polar surface area (TPSA) is 61.9 Å². The van der Waals surface area contributed by atoms with Crippen molar-refractivity contribution < 1.29 is 14.3 Å². The number of nitrogens with one attached hydrogen (secondary N) is 1. The fourth-order valence-corrected chi connectivity index (χ4v) is 3.68. The smallest absolute Gasteiger partial charge is 0.317 e. The molecule has 1 atom stereocenters. The number of morpholine rings is 1. The van der Waals surface area contributed by atoms with Gasteiger partial charge in [-0.05, 0) is 43.4 Å². The van der Waals surface area contributed by atoms with Crippen molar-refractivity contribution in [1.82, 2.24) is 15.1 Å². The molecule has 142 valence electrons. The molecule has 0 saturated carbocycles. The second-order valence-electron chi connectivity index (χ2n) is 7.17. The minimum atomic E-state index is -0.0690. The number of rotatable bonds is 4. The van der Waals surface area contributed by atoms with Gasteiger partial charge in [-0.3, -0.25) is 4.79 Å². The van der Waals surface area contributed by atoms with Crippen LogP contribution in [0.2, 0.25) is 0 Å². The molecule has 2 saturated heterocycles. The quantitative estimate of drug-likeness (QED) is 0.898. The molecule has 26 heavy (non-hydrogen) atoms. The fraction of sp³-hybridized carbons (Fsp3) is 0.600. The molecule has 3 amide bonds. The van der Waals surface area contributed by atoms with Crippen molar-refractivity contribution in [3.8, 4) is 0 Å². The van der Waals surface area contributed by atoms with Crippen molar-refractivity contribution in [1.29, 1.82) is 0 Å². The Morgan fingerprint density at radius 3 is 2.65 bits per heavy atom. The summed E-state index contributed by atoms with van der Waals surface area (Å²) in [7, 11) is 0. The highest BCUT2D eigenvalue weighted by atomic mass is 16.5. The predicted molar refractivity (Wildman–Crippen MR) is 100 cm³/mol. The Bertz CT molecular complexity index is 656. The van der Waals surface area contributed by atoms with E-state index >= 15 is 0 Å². The monoisotopic (exact) mass is 359 g/mol. The van der Waals surface area contributed by atoms with Crippen LogP contribution in [-0.4, -0.2) is 61.1 Å². The molecule has 6 nitrogen and oxygen atoms in total. The van der Waals surface area contributed by atoms with Gasteiger partial charge in [0.15, 0.2) is 0 Å². The van der Waals surface area contributed by atoms with Crippen LogP contribution in [-0.2, 0) is 9.53 Å². The van der Waals surface area contributed by atoms with Gasteiger partial charge in [-0.25, -0.2) is 4.79 Å². The largest absolute Gasteiger partial charge is 0.378 e. The number of carbonyl (C=O) groups is 2. The lowest BCUT2D eigenvalue weighted by molar-refractivity contribution is -0.135. The molecule has 2 fully saturated rings. The molecule has 3 rings (SSSR count). The lowest BCUT2D eigenvalue weighted by Crippen LogP contribution is -2.43. The standard InChI is InChI=1S/C20H29N3O3/c1-15-5-6-17(14-16(15)2)18-4-3-9-23(18)20(25)21-8-7-19(24)22-10-12-26-13-11-22/h5-6,14,18H,3-4,7-13H2,1-2H3,(H,21,25)/t18-/m1/s1. The molecule has 2 aliphatic rings. The molecule has 2 aliphatic heterocycles. The van der Waals surface area contributed by atoms with Crippen molar-refractivity contribution in [2.75, 3.05) is 39.4 Å². The minimum Gasteiger partial charge on any atom is -0.378 e. The average Bonchev–Trinajstić information content (AvgIpc) is 3.14. The van der Waals surface area contributed by atoms with Crippen LogP contribution < -0.4 is 5.32 Å². The van der Waals surface area contributed by atoms with Crippen LogP contribution in [0.15, 0.2) is 18.2 Å². The van der Waals surface area contributed by atoms with Gasteiger partial charge in [0.2, 0.25) is 5.91 Å². The Labute approximate surface area is 155 Å². The molecule has 2 heterocycles. The maximum Gasteiger partial charge on any atom is 0.317 e. The van der Waals surface area contributed by atoms with Crippen molar-refractivity contribution >= 4 is 11.9 Å². The zero-order valence-electron chi connectivity index (χ0n) is 15.8. The molecule has 1 N–H and O–H groups in total. The zero-order valence-corrected chi connectivity index (χ0v) is 15.8. The lowest BCUT2D eigenvalue weighted by atomic mass is 9.99. The van der Waals surface area contributed by atoms with Crippen LogP contribution in [0.1, 0.15) is 42.0 Å². The van der Waals surface area contributed by atoms with Gasteiger partial charge < -0.3 is 19.9 Å². The number of carbonyl (C=O) groups excluding carboxylic acids is 2. The third-order valence-corrected chi connectivity index (χ3v) is 5.41. The van der Waals surface area contributed by atoms with Gasteiger partial charge >= 0.3 is 6.03 Å². The van der Waals surface area contributed by atoms with Gasteiger partial charge in [0.1, 0.15) is 0 Å². The summed E-state index contributed by atoms with van der Waals surface area (Å²) in [5.41, 5.74) is 3.72. The summed E-state index contributed by atoms with van der Waals surface area (Å²) in [6.45, 7) is 7.85. The number of aryl methyl sites for hydroxylation is 2. The third kappa shape index (κ3) is 4.36. The molecule has 0 aliphatic carbocycles. The molecule has 6 heteroatoms. The number of amides is 3. The summed E-state index contributed by atoms with van der Waals surface area (Å²) in [6.07, 6.45) is 2.34. The minimum absolute atomic E-state index is 0.0690. The molecule has 1 aromatic rings. The molecule has 0 aromatic heterocycles. The van der Waals surface area contributed by atoms with E-state index in [1.807, 2.05) is 9.80 Å². The van der Waals surface area contributed by atoms with Crippen LogP contribution in [0.3, 0.4) is 0 Å². The highest BCUT2D eigenvalue weighted by Gasteiger charge is 2.30. The van der Waals surface area contributed by atoms with Crippen LogP contribution in [0.5, 0.6) is 0 Å². The SMILES string of the molecule is Cc1ccc([C@H]2CCCN2C(=O)NCCC(=O)N2CCOCC2)cc1C. The first-order valence-electron chi connectivity index (χ1n) is 9.53. The van der Waals surface area contributed by atoms with Crippen molar-refractivity contribution in [2.24, 2.45) is 0 Å². The zero-order chi connectivity index (χ0) is 18.5. The van der Waals surface area contributed by atoms with E-state index in [2.05, 4.69) is 37.4 Å². The van der Waals surface area contributed by atoms with E-state index < -0.39 is 0 Å². The maximum atomic E-state index is 12.6. The molecular weight excluding hydrogens is 330 g/mol. The predicted octanol–water partition coefficient (Wildman–Crippen LogP) is 2.40. The first-order chi connectivity index (χ1) is 12.6. The number of urea groups is 1. The first kappa shape index (κ1) is 18.7. The molecular formula is C20H29N3O3. The van der Waals surface area contributed by atoms with Crippen molar-refractivity contribution in [2.45, 2.75) is 39.2 Å². The molecule has 0 bridgehead atoms. The summed E-state index contributed by atoms with van der Waals surface area (Å²) in [5.74, 6) is 0.0840. The van der Waals surface area contributed by atoms with E-state index in [1.54, 1.807) is 0 Å². The Balaban J connectivity index is 1.51. The molecule has 0 spiro atoms.